The highest BCUT2D eigenvalue weighted by atomic mass is 16.5. The Morgan fingerprint density at radius 2 is 1.44 bits per heavy atom. The van der Waals surface area contributed by atoms with E-state index in [1.54, 1.807) is 0 Å². The zero-order valence-corrected chi connectivity index (χ0v) is 17.3. The molecule has 0 radical (unpaired) electrons. The second-order valence-electron chi connectivity index (χ2n) is 7.62. The highest BCUT2D eigenvalue weighted by molar-refractivity contribution is 5.72. The van der Waals surface area contributed by atoms with Crippen LogP contribution in [-0.2, 0) is 14.3 Å². The molecule has 0 amide bonds. The maximum absolute atomic E-state index is 11.8. The number of unbranched alkanes of at least 4 members (excludes halogenated alkanes) is 5. The van der Waals surface area contributed by atoms with E-state index in [9.17, 15) is 9.59 Å². The van der Waals surface area contributed by atoms with Gasteiger partial charge in [-0.2, -0.15) is 0 Å². The predicted octanol–water partition coefficient (Wildman–Crippen LogP) is 6.00. The first-order valence-electron chi connectivity index (χ1n) is 10.4. The summed E-state index contributed by atoms with van der Waals surface area (Å²) in [5, 5.41) is 0. The number of esters is 2. The van der Waals surface area contributed by atoms with Crippen molar-refractivity contribution < 1.29 is 19.1 Å². The molecule has 27 heavy (non-hydrogen) atoms. The summed E-state index contributed by atoms with van der Waals surface area (Å²) in [5.41, 5.74) is 0.976. The van der Waals surface area contributed by atoms with Gasteiger partial charge in [0.05, 0.1) is 6.61 Å². The van der Waals surface area contributed by atoms with Crippen molar-refractivity contribution in [1.82, 2.24) is 0 Å². The lowest BCUT2D eigenvalue weighted by molar-refractivity contribution is -0.144. The number of benzene rings is 1. The summed E-state index contributed by atoms with van der Waals surface area (Å²) in [6, 6.07) is 7.56. The topological polar surface area (TPSA) is 52.6 Å². The van der Waals surface area contributed by atoms with Crippen LogP contribution < -0.4 is 4.74 Å². The molecule has 152 valence electrons. The lowest BCUT2D eigenvalue weighted by Crippen LogP contribution is -2.08. The van der Waals surface area contributed by atoms with Crippen LogP contribution in [-0.4, -0.2) is 18.5 Å². The maximum atomic E-state index is 11.8. The fourth-order valence-electron chi connectivity index (χ4n) is 2.84. The number of hydrogen-bond acceptors (Lipinski definition) is 4. The summed E-state index contributed by atoms with van der Waals surface area (Å²) in [7, 11) is 0. The van der Waals surface area contributed by atoms with Crippen LogP contribution in [0.1, 0.15) is 83.6 Å². The Morgan fingerprint density at radius 3 is 2.07 bits per heavy atom. The van der Waals surface area contributed by atoms with Gasteiger partial charge in [-0.1, -0.05) is 57.7 Å². The Hall–Kier alpha value is -1.84. The van der Waals surface area contributed by atoms with E-state index >= 15 is 0 Å². The quantitative estimate of drug-likeness (QED) is 0.227. The molecule has 0 heterocycles. The molecule has 0 aromatic heterocycles. The van der Waals surface area contributed by atoms with Crippen LogP contribution in [0.5, 0.6) is 5.75 Å². The molecule has 4 heteroatoms. The van der Waals surface area contributed by atoms with Crippen LogP contribution in [0.25, 0.3) is 0 Å². The molecule has 0 saturated carbocycles. The molecular formula is C23H36O4. The van der Waals surface area contributed by atoms with Gasteiger partial charge in [-0.25, -0.2) is 0 Å². The fraction of sp³-hybridized carbons (Fsp3) is 0.652. The van der Waals surface area contributed by atoms with Crippen molar-refractivity contribution in [2.75, 3.05) is 6.61 Å². The Kier molecular flexibility index (Phi) is 12.2. The fourth-order valence-corrected chi connectivity index (χ4v) is 2.84. The monoisotopic (exact) mass is 376 g/mol. The second-order valence-corrected chi connectivity index (χ2v) is 7.62. The minimum Gasteiger partial charge on any atom is -0.466 e. The minimum atomic E-state index is -0.162. The summed E-state index contributed by atoms with van der Waals surface area (Å²) >= 11 is 0. The van der Waals surface area contributed by atoms with Gasteiger partial charge in [0.25, 0.3) is 0 Å². The van der Waals surface area contributed by atoms with E-state index < -0.39 is 0 Å². The molecule has 1 rings (SSSR count). The molecule has 1 aromatic carbocycles. The molecule has 1 aromatic rings. The number of carbonyl (C=O) groups is 2. The van der Waals surface area contributed by atoms with Crippen molar-refractivity contribution in [2.24, 2.45) is 5.92 Å². The average Bonchev–Trinajstić information content (AvgIpc) is 2.62. The first kappa shape index (κ1) is 23.2. The zero-order valence-electron chi connectivity index (χ0n) is 17.3. The first-order valence-corrected chi connectivity index (χ1v) is 10.4. The average molecular weight is 377 g/mol. The van der Waals surface area contributed by atoms with Crippen molar-refractivity contribution in [2.45, 2.75) is 85.0 Å². The largest absolute Gasteiger partial charge is 0.466 e. The molecule has 0 spiro atoms. The summed E-state index contributed by atoms with van der Waals surface area (Å²) in [4.78, 5) is 23.4. The van der Waals surface area contributed by atoms with Gasteiger partial charge in [-0.15, -0.1) is 0 Å². The van der Waals surface area contributed by atoms with Gasteiger partial charge in [0, 0.05) is 12.8 Å². The number of hydrogen-bond donors (Lipinski definition) is 0. The van der Waals surface area contributed by atoms with E-state index in [1.165, 1.54) is 0 Å². The smallest absolute Gasteiger partial charge is 0.311 e. The molecule has 0 aliphatic carbocycles. The van der Waals surface area contributed by atoms with E-state index in [0.29, 0.717) is 31.1 Å². The SMILES string of the molecule is Cc1ccccc1OC(=O)CCCCCCCCC(=O)OCCCC(C)C. The van der Waals surface area contributed by atoms with Crippen LogP contribution in [0.4, 0.5) is 0 Å². The molecule has 0 bridgehead atoms. The van der Waals surface area contributed by atoms with Gasteiger partial charge in [-0.05, 0) is 50.2 Å². The summed E-state index contributed by atoms with van der Waals surface area (Å²) in [5.74, 6) is 1.08. The predicted molar refractivity (Wildman–Crippen MR) is 109 cm³/mol. The second kappa shape index (κ2) is 14.2. The molecule has 0 aliphatic heterocycles. The summed E-state index contributed by atoms with van der Waals surface area (Å²) < 4.78 is 10.6. The van der Waals surface area contributed by atoms with Crippen molar-refractivity contribution in [3.63, 3.8) is 0 Å². The molecule has 0 unspecified atom stereocenters. The van der Waals surface area contributed by atoms with Crippen LogP contribution in [0.2, 0.25) is 0 Å². The van der Waals surface area contributed by atoms with Crippen LogP contribution >= 0.6 is 0 Å². The maximum Gasteiger partial charge on any atom is 0.311 e. The van der Waals surface area contributed by atoms with Gasteiger partial charge in [0.1, 0.15) is 5.75 Å². The molecular weight excluding hydrogens is 340 g/mol. The first-order chi connectivity index (χ1) is 13.0. The molecule has 4 nitrogen and oxygen atoms in total. The highest BCUT2D eigenvalue weighted by Crippen LogP contribution is 2.17. The van der Waals surface area contributed by atoms with Crippen LogP contribution in [0, 0.1) is 12.8 Å². The Morgan fingerprint density at radius 1 is 0.852 bits per heavy atom. The number of aryl methyl sites for hydroxylation is 1. The number of ether oxygens (including phenoxy) is 2. The van der Waals surface area contributed by atoms with Gasteiger partial charge < -0.3 is 9.47 Å². The van der Waals surface area contributed by atoms with Crippen LogP contribution in [0.15, 0.2) is 24.3 Å². The Balaban J connectivity index is 1.93. The lowest BCUT2D eigenvalue weighted by atomic mass is 10.1. The normalized spacial score (nSPS) is 10.8. The van der Waals surface area contributed by atoms with Crippen molar-refractivity contribution in [3.05, 3.63) is 29.8 Å². The summed E-state index contributed by atoms with van der Waals surface area (Å²) in [6.07, 6.45) is 9.00. The van der Waals surface area contributed by atoms with Crippen LogP contribution in [0.3, 0.4) is 0 Å². The lowest BCUT2D eigenvalue weighted by Gasteiger charge is -2.07. The third-order valence-electron chi connectivity index (χ3n) is 4.52. The van der Waals surface area contributed by atoms with Crippen molar-refractivity contribution in [3.8, 4) is 5.75 Å². The van der Waals surface area contributed by atoms with Gasteiger partial charge in [-0.3, -0.25) is 9.59 Å². The minimum absolute atomic E-state index is 0.0716. The van der Waals surface area contributed by atoms with E-state index in [4.69, 9.17) is 9.47 Å². The highest BCUT2D eigenvalue weighted by Gasteiger charge is 2.07. The Bertz CT molecular complexity index is 551. The van der Waals surface area contributed by atoms with Gasteiger partial charge in [0.15, 0.2) is 0 Å². The molecule has 0 N–H and O–H groups in total. The number of carbonyl (C=O) groups excluding carboxylic acids is 2. The number of para-hydroxylation sites is 1. The van der Waals surface area contributed by atoms with E-state index in [-0.39, 0.29) is 11.9 Å². The zero-order chi connectivity index (χ0) is 19.9. The summed E-state index contributed by atoms with van der Waals surface area (Å²) in [6.45, 7) is 6.84. The molecule has 0 fully saturated rings. The molecule has 0 saturated heterocycles. The van der Waals surface area contributed by atoms with Gasteiger partial charge >= 0.3 is 11.9 Å². The van der Waals surface area contributed by atoms with Crippen molar-refractivity contribution >= 4 is 11.9 Å². The molecule has 0 atom stereocenters. The van der Waals surface area contributed by atoms with Crippen molar-refractivity contribution in [1.29, 1.82) is 0 Å². The van der Waals surface area contributed by atoms with E-state index in [1.807, 2.05) is 31.2 Å². The van der Waals surface area contributed by atoms with E-state index in [0.717, 1.165) is 56.9 Å². The van der Waals surface area contributed by atoms with Gasteiger partial charge in [0.2, 0.25) is 0 Å². The molecule has 0 aliphatic rings. The Labute approximate surface area is 164 Å². The third kappa shape index (κ3) is 12.2. The number of rotatable bonds is 14. The standard InChI is InChI=1S/C23H36O4/c1-19(2)13-12-18-26-22(24)16-8-6-4-5-7-9-17-23(25)27-21-15-11-10-14-20(21)3/h10-11,14-15,19H,4-9,12-13,16-18H2,1-3H3. The van der Waals surface area contributed by atoms with E-state index in [2.05, 4.69) is 13.8 Å². The third-order valence-corrected chi connectivity index (χ3v) is 4.52.